The third-order valence-corrected chi connectivity index (χ3v) is 8.68. The van der Waals surface area contributed by atoms with Gasteiger partial charge < -0.3 is 15.0 Å². The molecule has 196 valence electrons. The number of carbonyl (C=O) groups excluding carboxylic acids is 4. The second-order valence-corrected chi connectivity index (χ2v) is 11.0. The van der Waals surface area contributed by atoms with E-state index in [9.17, 15) is 19.2 Å². The number of amides is 5. The Hall–Kier alpha value is -4.06. The summed E-state index contributed by atoms with van der Waals surface area (Å²) in [5, 5.41) is 9.03. The van der Waals surface area contributed by atoms with Crippen LogP contribution >= 0.6 is 11.3 Å². The van der Waals surface area contributed by atoms with Gasteiger partial charge in [-0.15, -0.1) is 11.3 Å². The van der Waals surface area contributed by atoms with Gasteiger partial charge in [-0.2, -0.15) is 0 Å². The molecule has 11 nitrogen and oxygen atoms in total. The zero-order chi connectivity index (χ0) is 26.6. The summed E-state index contributed by atoms with van der Waals surface area (Å²) < 4.78 is 6.32. The van der Waals surface area contributed by atoms with Crippen LogP contribution in [-0.4, -0.2) is 51.8 Å². The standard InChI is InChI=1S/C26H26N6O5S/c1-26(13-3-4-13,24-28-16-7-5-14(37-2)11-19(16)38-24)31-25(36)29-20-9-6-15-17(27-20)12-32(23(15)35)18-8-10-21(33)30-22(18)34/h5-7,9,11,13,18H,3-4,8,10,12H2,1-2H3,(H,30,33,34)(H2,27,29,31,36). The number of nitrogens with zero attached hydrogens (tertiary/aromatic N) is 3. The number of aromatic nitrogens is 2. The molecule has 12 heteroatoms. The van der Waals surface area contributed by atoms with E-state index < -0.39 is 23.5 Å². The molecule has 1 saturated carbocycles. The van der Waals surface area contributed by atoms with Gasteiger partial charge in [0.05, 0.1) is 40.7 Å². The first kappa shape index (κ1) is 24.3. The Balaban J connectivity index is 1.18. The van der Waals surface area contributed by atoms with Gasteiger partial charge in [0.15, 0.2) is 0 Å². The van der Waals surface area contributed by atoms with Gasteiger partial charge in [-0.25, -0.2) is 14.8 Å². The van der Waals surface area contributed by atoms with Crippen molar-refractivity contribution in [2.75, 3.05) is 12.4 Å². The van der Waals surface area contributed by atoms with Crippen LogP contribution in [-0.2, 0) is 21.7 Å². The summed E-state index contributed by atoms with van der Waals surface area (Å²) in [6, 6.07) is 7.76. The number of methoxy groups -OCH3 is 1. The molecule has 2 aliphatic heterocycles. The van der Waals surface area contributed by atoms with Crippen LogP contribution in [0.2, 0.25) is 0 Å². The molecule has 2 fully saturated rings. The van der Waals surface area contributed by atoms with Crippen LogP contribution < -0.4 is 20.7 Å². The monoisotopic (exact) mass is 534 g/mol. The Morgan fingerprint density at radius 1 is 1.16 bits per heavy atom. The molecular weight excluding hydrogens is 508 g/mol. The topological polar surface area (TPSA) is 143 Å². The Kier molecular flexibility index (Phi) is 5.78. The predicted octanol–water partition coefficient (Wildman–Crippen LogP) is 2.91. The molecule has 4 heterocycles. The normalized spacial score (nSPS) is 20.6. The number of piperidine rings is 1. The van der Waals surface area contributed by atoms with Crippen LogP contribution in [0.5, 0.6) is 5.75 Å². The fraction of sp³-hybridized carbons (Fsp3) is 0.385. The minimum absolute atomic E-state index is 0.131. The summed E-state index contributed by atoms with van der Waals surface area (Å²) in [4.78, 5) is 60.5. The molecule has 38 heavy (non-hydrogen) atoms. The van der Waals surface area contributed by atoms with Gasteiger partial charge in [0.25, 0.3) is 5.91 Å². The van der Waals surface area contributed by atoms with Crippen molar-refractivity contribution in [2.24, 2.45) is 5.92 Å². The number of anilines is 1. The highest BCUT2D eigenvalue weighted by molar-refractivity contribution is 7.18. The van der Waals surface area contributed by atoms with E-state index in [0.29, 0.717) is 17.1 Å². The molecule has 2 unspecified atom stereocenters. The number of thiazole rings is 1. The van der Waals surface area contributed by atoms with Crippen molar-refractivity contribution in [3.05, 3.63) is 46.6 Å². The lowest BCUT2D eigenvalue weighted by atomic mass is 9.97. The van der Waals surface area contributed by atoms with E-state index in [2.05, 4.69) is 20.9 Å². The third-order valence-electron chi connectivity index (χ3n) is 7.42. The lowest BCUT2D eigenvalue weighted by Crippen LogP contribution is -2.52. The van der Waals surface area contributed by atoms with Crippen molar-refractivity contribution in [2.45, 2.75) is 50.7 Å². The summed E-state index contributed by atoms with van der Waals surface area (Å²) in [6.45, 7) is 2.12. The maximum absolute atomic E-state index is 13.1. The van der Waals surface area contributed by atoms with Crippen molar-refractivity contribution in [1.29, 1.82) is 0 Å². The number of urea groups is 1. The van der Waals surface area contributed by atoms with Crippen molar-refractivity contribution in [1.82, 2.24) is 25.5 Å². The third kappa shape index (κ3) is 4.24. The Labute approximate surface area is 222 Å². The second-order valence-electron chi connectivity index (χ2n) is 10.00. The molecule has 3 aliphatic rings. The van der Waals surface area contributed by atoms with E-state index >= 15 is 0 Å². The first-order valence-corrected chi connectivity index (χ1v) is 13.3. The van der Waals surface area contributed by atoms with Crippen LogP contribution in [0.15, 0.2) is 30.3 Å². The van der Waals surface area contributed by atoms with Gasteiger partial charge in [-0.1, -0.05) is 0 Å². The predicted molar refractivity (Wildman–Crippen MR) is 139 cm³/mol. The summed E-state index contributed by atoms with van der Waals surface area (Å²) in [6.07, 6.45) is 2.44. The van der Waals surface area contributed by atoms with E-state index in [4.69, 9.17) is 9.72 Å². The Morgan fingerprint density at radius 3 is 2.71 bits per heavy atom. The number of carbonyl (C=O) groups is 4. The first-order valence-electron chi connectivity index (χ1n) is 12.4. The number of fused-ring (bicyclic) bond motifs is 2. The minimum Gasteiger partial charge on any atom is -0.497 e. The molecule has 0 bridgehead atoms. The smallest absolute Gasteiger partial charge is 0.321 e. The number of rotatable bonds is 6. The van der Waals surface area contributed by atoms with Crippen LogP contribution in [0, 0.1) is 5.92 Å². The lowest BCUT2D eigenvalue weighted by molar-refractivity contribution is -0.136. The van der Waals surface area contributed by atoms with Gasteiger partial charge in [0.2, 0.25) is 11.8 Å². The van der Waals surface area contributed by atoms with E-state index in [1.54, 1.807) is 19.2 Å². The highest BCUT2D eigenvalue weighted by Crippen LogP contribution is 2.47. The fourth-order valence-electron chi connectivity index (χ4n) is 5.13. The van der Waals surface area contributed by atoms with Gasteiger partial charge >= 0.3 is 6.03 Å². The van der Waals surface area contributed by atoms with Gasteiger partial charge in [-0.05, 0) is 62.4 Å². The molecular formula is C26H26N6O5S. The molecule has 1 aliphatic carbocycles. The summed E-state index contributed by atoms with van der Waals surface area (Å²) in [5.74, 6) is 0.188. The van der Waals surface area contributed by atoms with Crippen molar-refractivity contribution >= 4 is 51.1 Å². The van der Waals surface area contributed by atoms with Gasteiger partial charge in [-0.3, -0.25) is 25.0 Å². The Morgan fingerprint density at radius 2 is 1.97 bits per heavy atom. The quantitative estimate of drug-likeness (QED) is 0.413. The molecule has 1 saturated heterocycles. The maximum Gasteiger partial charge on any atom is 0.321 e. The van der Waals surface area contributed by atoms with Gasteiger partial charge in [0.1, 0.15) is 22.6 Å². The highest BCUT2D eigenvalue weighted by Gasteiger charge is 2.46. The molecule has 2 aromatic heterocycles. The Bertz CT molecular complexity index is 1500. The largest absolute Gasteiger partial charge is 0.497 e. The zero-order valence-electron chi connectivity index (χ0n) is 20.9. The van der Waals surface area contributed by atoms with Crippen LogP contribution in [0.3, 0.4) is 0 Å². The van der Waals surface area contributed by atoms with E-state index in [1.807, 2.05) is 25.1 Å². The fourth-order valence-corrected chi connectivity index (χ4v) is 6.31. The second kappa shape index (κ2) is 9.05. The first-order chi connectivity index (χ1) is 18.2. The van der Waals surface area contributed by atoms with E-state index in [-0.39, 0.29) is 37.1 Å². The number of ether oxygens (including phenoxy) is 1. The van der Waals surface area contributed by atoms with Crippen LogP contribution in [0.1, 0.15) is 53.7 Å². The maximum atomic E-state index is 13.1. The minimum atomic E-state index is -0.720. The highest BCUT2D eigenvalue weighted by atomic mass is 32.1. The van der Waals surface area contributed by atoms with E-state index in [0.717, 1.165) is 33.8 Å². The number of hydrogen-bond donors (Lipinski definition) is 3. The number of nitrogens with one attached hydrogen (secondary N) is 3. The molecule has 6 rings (SSSR count). The summed E-state index contributed by atoms with van der Waals surface area (Å²) in [5.41, 5.74) is 1.05. The zero-order valence-corrected chi connectivity index (χ0v) is 21.7. The molecule has 0 spiro atoms. The number of hydrogen-bond acceptors (Lipinski definition) is 8. The molecule has 3 aromatic rings. The lowest BCUT2D eigenvalue weighted by Gasteiger charge is -2.29. The van der Waals surface area contributed by atoms with Gasteiger partial charge in [0, 0.05) is 6.42 Å². The molecule has 3 N–H and O–H groups in total. The number of pyridine rings is 1. The van der Waals surface area contributed by atoms with Crippen molar-refractivity contribution in [3.8, 4) is 5.75 Å². The molecule has 2 atom stereocenters. The average Bonchev–Trinajstić information content (AvgIpc) is 3.59. The summed E-state index contributed by atoms with van der Waals surface area (Å²) in [7, 11) is 1.62. The molecule has 1 aromatic carbocycles. The molecule has 0 radical (unpaired) electrons. The summed E-state index contributed by atoms with van der Waals surface area (Å²) >= 11 is 1.53. The van der Waals surface area contributed by atoms with Crippen LogP contribution in [0.4, 0.5) is 10.6 Å². The van der Waals surface area contributed by atoms with Crippen molar-refractivity contribution < 1.29 is 23.9 Å². The SMILES string of the molecule is COc1ccc2nc(C(C)(NC(=O)Nc3ccc4c(n3)CN(C3CCC(=O)NC3=O)C4=O)C3CC3)sc2c1. The van der Waals surface area contributed by atoms with Crippen molar-refractivity contribution in [3.63, 3.8) is 0 Å². The van der Waals surface area contributed by atoms with Crippen LogP contribution in [0.25, 0.3) is 10.2 Å². The number of benzene rings is 1. The van der Waals surface area contributed by atoms with E-state index in [1.165, 1.54) is 16.2 Å². The molecule has 5 amide bonds. The average molecular weight is 535 g/mol. The number of imide groups is 1.